The number of aliphatic carboxylic acids is 1. The van der Waals surface area contributed by atoms with Crippen molar-refractivity contribution < 1.29 is 24.3 Å². The number of carboxylic acid groups (broad SMARTS) is 1. The third kappa shape index (κ3) is 10.8. The van der Waals surface area contributed by atoms with Crippen LogP contribution in [0.1, 0.15) is 63.9 Å². The molecule has 0 aromatic heterocycles. The number of rotatable bonds is 16. The minimum Gasteiger partial charge on any atom is -0.481 e. The van der Waals surface area contributed by atoms with E-state index >= 15 is 0 Å². The number of nitrogens with one attached hydrogen (secondary N) is 1. The number of benzene rings is 1. The van der Waals surface area contributed by atoms with Gasteiger partial charge in [-0.25, -0.2) is 0 Å². The Hall–Kier alpha value is -2.49. The van der Waals surface area contributed by atoms with Crippen LogP contribution in [0.5, 0.6) is 0 Å². The molecule has 1 aromatic carbocycles. The van der Waals surface area contributed by atoms with Crippen molar-refractivity contribution in [3.05, 3.63) is 35.9 Å². The molecule has 8 N–H and O–H groups in total. The molecular weight excluding hydrogens is 448 g/mol. The molecule has 10 heteroatoms. The fourth-order valence-corrected chi connectivity index (χ4v) is 3.45. The molecular formula is C23H37ClN4O5. The fourth-order valence-electron chi connectivity index (χ4n) is 3.45. The van der Waals surface area contributed by atoms with Crippen LogP contribution in [0.25, 0.3) is 0 Å². The van der Waals surface area contributed by atoms with E-state index in [0.29, 0.717) is 12.8 Å². The molecule has 3 atom stereocenters. The van der Waals surface area contributed by atoms with Gasteiger partial charge in [-0.3, -0.25) is 19.2 Å². The molecule has 0 aliphatic carbocycles. The van der Waals surface area contributed by atoms with Gasteiger partial charge in [0.05, 0.1) is 6.42 Å². The van der Waals surface area contributed by atoms with Gasteiger partial charge >= 0.3 is 5.97 Å². The number of Topliss-reactive ketones (excluding diaryl/α,β-unsaturated/α-hetero) is 1. The maximum Gasteiger partial charge on any atom is 0.306 e. The maximum atomic E-state index is 12.9. The highest BCUT2D eigenvalue weighted by Crippen LogP contribution is 2.16. The largest absolute Gasteiger partial charge is 0.481 e. The first kappa shape index (κ1) is 30.5. The highest BCUT2D eigenvalue weighted by atomic mass is 35.5. The quantitative estimate of drug-likeness (QED) is 0.174. The number of nitrogens with two attached hydrogens (primary N) is 3. The SMILES string of the molecule is CCCCCC(N)CCCC(=O)[C@](N)(CC(=O)O)C(=O)N[C@@H](Cc1ccccc1)C(N)=O.Cl. The Kier molecular flexibility index (Phi) is 14.2. The van der Waals surface area contributed by atoms with Crippen molar-refractivity contribution in [2.24, 2.45) is 17.2 Å². The predicted molar refractivity (Wildman–Crippen MR) is 129 cm³/mol. The fraction of sp³-hybridized carbons (Fsp3) is 0.565. The number of halogens is 1. The number of hydrogen-bond acceptors (Lipinski definition) is 6. The molecule has 186 valence electrons. The average Bonchev–Trinajstić information content (AvgIpc) is 2.73. The third-order valence-corrected chi connectivity index (χ3v) is 5.42. The Balaban J connectivity index is 0.0000102. The number of amides is 2. The highest BCUT2D eigenvalue weighted by Gasteiger charge is 2.44. The second-order valence-electron chi connectivity index (χ2n) is 8.23. The summed E-state index contributed by atoms with van der Waals surface area (Å²) in [6.45, 7) is 2.10. The second-order valence-corrected chi connectivity index (χ2v) is 8.23. The summed E-state index contributed by atoms with van der Waals surface area (Å²) >= 11 is 0. The lowest BCUT2D eigenvalue weighted by Gasteiger charge is -2.27. The molecule has 0 radical (unpaired) electrons. The second kappa shape index (κ2) is 15.4. The molecule has 0 spiro atoms. The van der Waals surface area contributed by atoms with Crippen LogP contribution in [-0.4, -0.2) is 46.3 Å². The highest BCUT2D eigenvalue weighted by molar-refractivity contribution is 6.13. The number of carbonyl (C=O) groups is 4. The van der Waals surface area contributed by atoms with Crippen molar-refractivity contribution in [3.63, 3.8) is 0 Å². The zero-order chi connectivity index (χ0) is 24.1. The van der Waals surface area contributed by atoms with E-state index in [-0.39, 0.29) is 31.3 Å². The Morgan fingerprint density at radius 1 is 1.06 bits per heavy atom. The molecule has 0 saturated carbocycles. The molecule has 33 heavy (non-hydrogen) atoms. The van der Waals surface area contributed by atoms with E-state index in [1.807, 2.05) is 0 Å². The van der Waals surface area contributed by atoms with Crippen LogP contribution >= 0.6 is 12.4 Å². The number of carboxylic acids is 1. The molecule has 0 saturated heterocycles. The van der Waals surface area contributed by atoms with Crippen LogP contribution in [0.15, 0.2) is 30.3 Å². The van der Waals surface area contributed by atoms with Crippen LogP contribution in [0.3, 0.4) is 0 Å². The van der Waals surface area contributed by atoms with Gasteiger partial charge in [0.1, 0.15) is 6.04 Å². The zero-order valence-corrected chi connectivity index (χ0v) is 19.9. The molecule has 2 amide bonds. The molecule has 9 nitrogen and oxygen atoms in total. The summed E-state index contributed by atoms with van der Waals surface area (Å²) in [5, 5.41) is 11.6. The monoisotopic (exact) mass is 484 g/mol. The average molecular weight is 485 g/mol. The van der Waals surface area contributed by atoms with Crippen molar-refractivity contribution in [3.8, 4) is 0 Å². The van der Waals surface area contributed by atoms with Gasteiger partial charge in [0, 0.05) is 18.9 Å². The van der Waals surface area contributed by atoms with Crippen molar-refractivity contribution >= 4 is 36.0 Å². The van der Waals surface area contributed by atoms with Gasteiger partial charge in [0.15, 0.2) is 11.3 Å². The van der Waals surface area contributed by atoms with E-state index in [9.17, 15) is 24.3 Å². The van der Waals surface area contributed by atoms with E-state index in [4.69, 9.17) is 17.2 Å². The Morgan fingerprint density at radius 3 is 2.21 bits per heavy atom. The van der Waals surface area contributed by atoms with Crippen LogP contribution in [0.2, 0.25) is 0 Å². The maximum absolute atomic E-state index is 12.9. The van der Waals surface area contributed by atoms with Crippen molar-refractivity contribution in [1.82, 2.24) is 5.32 Å². The lowest BCUT2D eigenvalue weighted by molar-refractivity contribution is -0.147. The molecule has 0 heterocycles. The van der Waals surface area contributed by atoms with Crippen molar-refractivity contribution in [2.45, 2.75) is 82.3 Å². The molecule has 1 rings (SSSR count). The molecule has 0 fully saturated rings. The number of primary amides is 1. The first-order chi connectivity index (χ1) is 15.1. The summed E-state index contributed by atoms with van der Waals surface area (Å²) in [7, 11) is 0. The van der Waals surface area contributed by atoms with Crippen LogP contribution in [0, 0.1) is 0 Å². The lowest BCUT2D eigenvalue weighted by atomic mass is 9.86. The number of ketones is 1. The number of unbranched alkanes of at least 4 members (excludes halogenated alkanes) is 2. The number of hydrogen-bond donors (Lipinski definition) is 5. The number of carbonyl (C=O) groups excluding carboxylic acids is 3. The van der Waals surface area contributed by atoms with Gasteiger partial charge in [0.2, 0.25) is 11.8 Å². The lowest BCUT2D eigenvalue weighted by Crippen LogP contribution is -2.63. The normalized spacial score (nSPS) is 14.3. The van der Waals surface area contributed by atoms with Crippen LogP contribution in [-0.2, 0) is 25.6 Å². The summed E-state index contributed by atoms with van der Waals surface area (Å²) in [5.41, 5.74) is 15.9. The first-order valence-electron chi connectivity index (χ1n) is 11.0. The van der Waals surface area contributed by atoms with Crippen molar-refractivity contribution in [1.29, 1.82) is 0 Å². The predicted octanol–water partition coefficient (Wildman–Crippen LogP) is 1.44. The van der Waals surface area contributed by atoms with Gasteiger partial charge in [0.25, 0.3) is 0 Å². The standard InChI is InChI=1S/C23H36N4O5.ClH/c1-2-3-5-11-17(24)12-8-13-19(28)23(26,15-20(29)30)22(32)27-18(21(25)31)14-16-9-6-4-7-10-16;/h4,6-7,9-10,17-18H,2-3,5,8,11-15,24,26H2,1H3,(H2,25,31)(H,27,32)(H,29,30);1H/t17?,18-,23+;/m0./s1. The summed E-state index contributed by atoms with van der Waals surface area (Å²) in [5.74, 6) is -3.95. The van der Waals surface area contributed by atoms with E-state index in [1.165, 1.54) is 0 Å². The Labute approximate surface area is 201 Å². The zero-order valence-electron chi connectivity index (χ0n) is 19.1. The summed E-state index contributed by atoms with van der Waals surface area (Å²) in [4.78, 5) is 48.9. The molecule has 1 unspecified atom stereocenters. The van der Waals surface area contributed by atoms with E-state index in [0.717, 1.165) is 31.2 Å². The van der Waals surface area contributed by atoms with E-state index in [1.54, 1.807) is 30.3 Å². The first-order valence-corrected chi connectivity index (χ1v) is 11.0. The minimum atomic E-state index is -2.30. The van der Waals surface area contributed by atoms with Crippen LogP contribution < -0.4 is 22.5 Å². The smallest absolute Gasteiger partial charge is 0.306 e. The van der Waals surface area contributed by atoms with E-state index < -0.39 is 41.6 Å². The Morgan fingerprint density at radius 2 is 1.67 bits per heavy atom. The van der Waals surface area contributed by atoms with Gasteiger partial charge in [-0.1, -0.05) is 56.5 Å². The van der Waals surface area contributed by atoms with Gasteiger partial charge < -0.3 is 27.6 Å². The molecule has 1 aromatic rings. The van der Waals surface area contributed by atoms with Crippen LogP contribution in [0.4, 0.5) is 0 Å². The summed E-state index contributed by atoms with van der Waals surface area (Å²) in [6.07, 6.45) is 4.08. The van der Waals surface area contributed by atoms with Gasteiger partial charge in [-0.2, -0.15) is 0 Å². The molecule has 0 aliphatic heterocycles. The Bertz CT molecular complexity index is 777. The third-order valence-electron chi connectivity index (χ3n) is 5.42. The van der Waals surface area contributed by atoms with E-state index in [2.05, 4.69) is 12.2 Å². The van der Waals surface area contributed by atoms with Gasteiger partial charge in [-0.15, -0.1) is 12.4 Å². The summed E-state index contributed by atoms with van der Waals surface area (Å²) in [6, 6.07) is 7.63. The van der Waals surface area contributed by atoms with Gasteiger partial charge in [-0.05, 0) is 24.8 Å². The molecule has 0 aliphatic rings. The summed E-state index contributed by atoms with van der Waals surface area (Å²) < 4.78 is 0. The minimum absolute atomic E-state index is 0. The van der Waals surface area contributed by atoms with Crippen molar-refractivity contribution in [2.75, 3.05) is 0 Å². The molecule has 0 bridgehead atoms. The topological polar surface area (TPSA) is 179 Å².